The summed E-state index contributed by atoms with van der Waals surface area (Å²) < 4.78 is 0. The first kappa shape index (κ1) is 6.83. The highest BCUT2D eigenvalue weighted by Crippen LogP contribution is 2.66. The Morgan fingerprint density at radius 2 is 2.00 bits per heavy atom. The van der Waals surface area contributed by atoms with Crippen molar-refractivity contribution in [2.75, 3.05) is 0 Å². The van der Waals surface area contributed by atoms with Crippen LogP contribution in [0.4, 0.5) is 0 Å². The SMILES string of the molecule is C1=CC23CC2=CC=C3c2ccccc21. The molecule has 0 saturated heterocycles. The molecule has 1 spiro atoms. The quantitative estimate of drug-likeness (QED) is 0.571. The van der Waals surface area contributed by atoms with E-state index in [0.717, 1.165) is 0 Å². The molecule has 66 valence electrons. The molecule has 1 aromatic rings. The Balaban J connectivity index is 2.05. The second-order valence-corrected chi connectivity index (χ2v) is 4.34. The second kappa shape index (κ2) is 1.93. The molecule has 0 bridgehead atoms. The molecule has 0 amide bonds. The molecule has 1 unspecified atom stereocenters. The number of benzene rings is 1. The van der Waals surface area contributed by atoms with E-state index in [1.54, 1.807) is 5.57 Å². The minimum absolute atomic E-state index is 0.342. The third-order valence-electron chi connectivity index (χ3n) is 3.65. The van der Waals surface area contributed by atoms with E-state index < -0.39 is 0 Å². The fourth-order valence-corrected chi connectivity index (χ4v) is 2.77. The third-order valence-corrected chi connectivity index (χ3v) is 3.65. The second-order valence-electron chi connectivity index (χ2n) is 4.34. The van der Waals surface area contributed by atoms with Crippen molar-refractivity contribution in [3.8, 4) is 0 Å². The molecule has 0 heteroatoms. The summed E-state index contributed by atoms with van der Waals surface area (Å²) >= 11 is 0. The van der Waals surface area contributed by atoms with Gasteiger partial charge in [-0.25, -0.2) is 0 Å². The molecule has 4 rings (SSSR count). The maximum Gasteiger partial charge on any atom is 0.0392 e. The van der Waals surface area contributed by atoms with Gasteiger partial charge in [0.15, 0.2) is 0 Å². The van der Waals surface area contributed by atoms with E-state index in [2.05, 4.69) is 48.6 Å². The first-order chi connectivity index (χ1) is 6.90. The molecule has 0 N–H and O–H groups in total. The van der Waals surface area contributed by atoms with Gasteiger partial charge >= 0.3 is 0 Å². The molecule has 0 radical (unpaired) electrons. The van der Waals surface area contributed by atoms with Gasteiger partial charge in [0.25, 0.3) is 0 Å². The van der Waals surface area contributed by atoms with Crippen molar-refractivity contribution in [3.63, 3.8) is 0 Å². The number of hydrogen-bond acceptors (Lipinski definition) is 0. The summed E-state index contributed by atoms with van der Waals surface area (Å²) in [5.41, 5.74) is 6.25. The Bertz CT molecular complexity index is 529. The summed E-state index contributed by atoms with van der Waals surface area (Å²) in [7, 11) is 0. The van der Waals surface area contributed by atoms with E-state index in [1.807, 2.05) is 0 Å². The topological polar surface area (TPSA) is 0 Å². The molecule has 1 fully saturated rings. The van der Waals surface area contributed by atoms with E-state index in [4.69, 9.17) is 0 Å². The lowest BCUT2D eigenvalue weighted by atomic mass is 9.83. The molecule has 0 nitrogen and oxygen atoms in total. The van der Waals surface area contributed by atoms with Gasteiger partial charge in [0, 0.05) is 5.41 Å². The monoisotopic (exact) mass is 178 g/mol. The van der Waals surface area contributed by atoms with E-state index in [-0.39, 0.29) is 0 Å². The summed E-state index contributed by atoms with van der Waals surface area (Å²) in [6.45, 7) is 0. The molecule has 3 aliphatic rings. The molecule has 3 aliphatic carbocycles. The minimum atomic E-state index is 0.342. The standard InChI is InChI=1S/C14H10/c1-2-4-12-10(3-1)7-8-14-9-11(14)5-6-13(12)14/h1-8H,9H2. The number of hydrogen-bond donors (Lipinski definition) is 0. The van der Waals surface area contributed by atoms with Gasteiger partial charge in [-0.05, 0) is 23.1 Å². The Hall–Kier alpha value is -1.56. The number of allylic oxidation sites excluding steroid dienone is 5. The number of rotatable bonds is 0. The Labute approximate surface area is 83.3 Å². The van der Waals surface area contributed by atoms with Crippen molar-refractivity contribution in [3.05, 3.63) is 59.2 Å². The van der Waals surface area contributed by atoms with Crippen LogP contribution in [0.25, 0.3) is 11.6 Å². The summed E-state index contributed by atoms with van der Waals surface area (Å²) in [6.07, 6.45) is 10.5. The van der Waals surface area contributed by atoms with Gasteiger partial charge in [-0.15, -0.1) is 0 Å². The van der Waals surface area contributed by atoms with Crippen LogP contribution in [-0.4, -0.2) is 0 Å². The van der Waals surface area contributed by atoms with Gasteiger partial charge in [0.05, 0.1) is 0 Å². The lowest BCUT2D eigenvalue weighted by Gasteiger charge is -2.20. The normalized spacial score (nSPS) is 30.0. The lowest BCUT2D eigenvalue weighted by Crippen LogP contribution is -2.04. The van der Waals surface area contributed by atoms with Crippen LogP contribution in [0, 0.1) is 5.41 Å². The molecular formula is C14H10. The first-order valence-electron chi connectivity index (χ1n) is 5.11. The molecule has 0 heterocycles. The average molecular weight is 178 g/mol. The molecule has 0 aliphatic heterocycles. The number of fused-ring (bicyclic) bond motifs is 2. The van der Waals surface area contributed by atoms with Crippen molar-refractivity contribution >= 4 is 11.6 Å². The fraction of sp³-hybridized carbons (Fsp3) is 0.143. The van der Waals surface area contributed by atoms with Crippen molar-refractivity contribution < 1.29 is 0 Å². The van der Waals surface area contributed by atoms with E-state index in [0.29, 0.717) is 5.41 Å². The highest BCUT2D eigenvalue weighted by atomic mass is 14.6. The third kappa shape index (κ3) is 0.598. The van der Waals surface area contributed by atoms with Crippen LogP contribution in [0.5, 0.6) is 0 Å². The van der Waals surface area contributed by atoms with Gasteiger partial charge in [0.2, 0.25) is 0 Å². The van der Waals surface area contributed by atoms with Crippen LogP contribution in [0.1, 0.15) is 17.5 Å². The van der Waals surface area contributed by atoms with Crippen LogP contribution in [0.15, 0.2) is 48.1 Å². The van der Waals surface area contributed by atoms with Crippen LogP contribution >= 0.6 is 0 Å². The highest BCUT2D eigenvalue weighted by molar-refractivity contribution is 5.93. The van der Waals surface area contributed by atoms with Crippen molar-refractivity contribution in [1.82, 2.24) is 0 Å². The van der Waals surface area contributed by atoms with Gasteiger partial charge in [0.1, 0.15) is 0 Å². The van der Waals surface area contributed by atoms with Gasteiger partial charge in [-0.3, -0.25) is 0 Å². The summed E-state index contributed by atoms with van der Waals surface area (Å²) in [5.74, 6) is 0. The van der Waals surface area contributed by atoms with Crippen molar-refractivity contribution in [1.29, 1.82) is 0 Å². The summed E-state index contributed by atoms with van der Waals surface area (Å²) in [6, 6.07) is 8.67. The molecule has 1 atom stereocenters. The largest absolute Gasteiger partial charge is 0.0690 e. The smallest absolute Gasteiger partial charge is 0.0392 e. The van der Waals surface area contributed by atoms with Crippen LogP contribution in [-0.2, 0) is 0 Å². The maximum absolute atomic E-state index is 2.38. The minimum Gasteiger partial charge on any atom is -0.0690 e. The van der Waals surface area contributed by atoms with Crippen LogP contribution < -0.4 is 0 Å². The molecular weight excluding hydrogens is 168 g/mol. The Morgan fingerprint density at radius 3 is 2.93 bits per heavy atom. The molecule has 0 aromatic heterocycles. The molecule has 1 saturated carbocycles. The molecule has 14 heavy (non-hydrogen) atoms. The van der Waals surface area contributed by atoms with Crippen molar-refractivity contribution in [2.45, 2.75) is 6.42 Å². The zero-order chi connectivity index (χ0) is 9.17. The lowest BCUT2D eigenvalue weighted by molar-refractivity contribution is 0.927. The summed E-state index contributed by atoms with van der Waals surface area (Å²) in [5, 5.41) is 0. The Kier molecular flexibility index (Phi) is 0.940. The van der Waals surface area contributed by atoms with Gasteiger partial charge in [-0.1, -0.05) is 54.1 Å². The van der Waals surface area contributed by atoms with Crippen molar-refractivity contribution in [2.24, 2.45) is 5.41 Å². The van der Waals surface area contributed by atoms with Crippen LogP contribution in [0.2, 0.25) is 0 Å². The van der Waals surface area contributed by atoms with Crippen LogP contribution in [0.3, 0.4) is 0 Å². The molecule has 1 aromatic carbocycles. The van der Waals surface area contributed by atoms with Gasteiger partial charge in [-0.2, -0.15) is 0 Å². The van der Waals surface area contributed by atoms with E-state index in [9.17, 15) is 0 Å². The average Bonchev–Trinajstić information content (AvgIpc) is 2.82. The van der Waals surface area contributed by atoms with E-state index >= 15 is 0 Å². The predicted molar refractivity (Wildman–Crippen MR) is 58.6 cm³/mol. The maximum atomic E-state index is 2.38. The zero-order valence-electron chi connectivity index (χ0n) is 7.83. The predicted octanol–water partition coefficient (Wildman–Crippen LogP) is 3.43. The first-order valence-corrected chi connectivity index (χ1v) is 5.11. The fourth-order valence-electron chi connectivity index (χ4n) is 2.77. The Morgan fingerprint density at radius 1 is 1.07 bits per heavy atom. The zero-order valence-corrected chi connectivity index (χ0v) is 7.83. The highest BCUT2D eigenvalue weighted by Gasteiger charge is 2.53. The summed E-state index contributed by atoms with van der Waals surface area (Å²) in [4.78, 5) is 0. The van der Waals surface area contributed by atoms with Gasteiger partial charge < -0.3 is 0 Å². The van der Waals surface area contributed by atoms with E-state index in [1.165, 1.54) is 23.1 Å².